The molecule has 14 heteroatoms. The maximum Gasteiger partial charge on any atom is 0.325 e. The van der Waals surface area contributed by atoms with Gasteiger partial charge in [-0.2, -0.15) is 0 Å². The summed E-state index contributed by atoms with van der Waals surface area (Å²) < 4.78 is 0. The predicted octanol–water partition coefficient (Wildman–Crippen LogP) is -1.25. The molecule has 202 valence electrons. The number of imidazole rings is 2. The molecule has 3 aromatic rings. The van der Waals surface area contributed by atoms with Gasteiger partial charge in [0.2, 0.25) is 17.7 Å². The van der Waals surface area contributed by atoms with Crippen molar-refractivity contribution in [2.24, 2.45) is 5.73 Å². The van der Waals surface area contributed by atoms with Gasteiger partial charge in [0, 0.05) is 43.0 Å². The van der Waals surface area contributed by atoms with Gasteiger partial charge in [-0.3, -0.25) is 19.2 Å². The van der Waals surface area contributed by atoms with E-state index in [1.807, 2.05) is 0 Å². The second-order valence-corrected chi connectivity index (χ2v) is 8.73. The number of nitrogens with zero attached hydrogens (tertiary/aromatic N) is 2. The highest BCUT2D eigenvalue weighted by Gasteiger charge is 2.30. The number of hydrogen-bond acceptors (Lipinski definition) is 8. The fraction of sp³-hybridized carbons (Fsp3) is 0.333. The molecule has 0 spiro atoms. The summed E-state index contributed by atoms with van der Waals surface area (Å²) in [7, 11) is 0. The van der Waals surface area contributed by atoms with Crippen LogP contribution in [0.4, 0.5) is 0 Å². The van der Waals surface area contributed by atoms with Crippen LogP contribution < -0.4 is 21.7 Å². The van der Waals surface area contributed by atoms with E-state index in [4.69, 9.17) is 5.73 Å². The van der Waals surface area contributed by atoms with Crippen LogP contribution in [0.1, 0.15) is 23.9 Å². The standard InChI is InChI=1S/C24H30N8O6/c1-13(24(37)38)30-22(35)19(6-14-2-4-17(33)5-3-14)32-23(36)20(8-16-10-27-12-29-16)31-21(34)18(25)7-15-9-26-11-28-15/h2-5,9-13,18-20,33H,6-8,25H2,1H3,(H,26,28)(H,27,29)(H,30,35)(H,31,34)(H,32,36)(H,37,38). The predicted molar refractivity (Wildman–Crippen MR) is 133 cm³/mol. The van der Waals surface area contributed by atoms with Crippen LogP contribution >= 0.6 is 0 Å². The highest BCUT2D eigenvalue weighted by molar-refractivity contribution is 5.94. The molecule has 2 heterocycles. The van der Waals surface area contributed by atoms with Crippen molar-refractivity contribution in [1.82, 2.24) is 35.9 Å². The SMILES string of the molecule is CC(NC(=O)C(Cc1ccc(O)cc1)NC(=O)C(Cc1cnc[nH]1)NC(=O)C(N)Cc1cnc[nH]1)C(=O)O. The topological polar surface area (TPSA) is 228 Å². The Hall–Kier alpha value is -4.72. The number of carbonyl (C=O) groups excluding carboxylic acids is 3. The van der Waals surface area contributed by atoms with Crippen LogP contribution in [-0.4, -0.2) is 78.0 Å². The number of carbonyl (C=O) groups is 4. The van der Waals surface area contributed by atoms with Crippen molar-refractivity contribution in [2.75, 3.05) is 0 Å². The highest BCUT2D eigenvalue weighted by Crippen LogP contribution is 2.12. The first-order valence-electron chi connectivity index (χ1n) is 11.7. The molecule has 0 bridgehead atoms. The minimum atomic E-state index is -1.25. The molecule has 0 aliphatic carbocycles. The van der Waals surface area contributed by atoms with Gasteiger partial charge < -0.3 is 41.9 Å². The summed E-state index contributed by atoms with van der Waals surface area (Å²) in [6.45, 7) is 1.29. The Labute approximate surface area is 217 Å². The van der Waals surface area contributed by atoms with Gasteiger partial charge in [0.25, 0.3) is 0 Å². The summed E-state index contributed by atoms with van der Waals surface area (Å²) in [5.74, 6) is -3.25. The van der Waals surface area contributed by atoms with E-state index in [9.17, 15) is 29.4 Å². The second-order valence-electron chi connectivity index (χ2n) is 8.73. The van der Waals surface area contributed by atoms with Gasteiger partial charge in [-0.05, 0) is 24.6 Å². The number of aliphatic carboxylic acids is 1. The smallest absolute Gasteiger partial charge is 0.325 e. The Morgan fingerprint density at radius 2 is 1.37 bits per heavy atom. The third-order valence-electron chi connectivity index (χ3n) is 5.68. The molecule has 2 aromatic heterocycles. The summed E-state index contributed by atoms with van der Waals surface area (Å²) in [6, 6.07) is 1.48. The number of carboxylic acid groups (broad SMARTS) is 1. The molecule has 0 radical (unpaired) electrons. The average Bonchev–Trinajstić information content (AvgIpc) is 3.58. The van der Waals surface area contributed by atoms with E-state index in [1.54, 1.807) is 12.1 Å². The van der Waals surface area contributed by atoms with Crippen molar-refractivity contribution >= 4 is 23.7 Å². The maximum atomic E-state index is 13.4. The Morgan fingerprint density at radius 1 is 0.842 bits per heavy atom. The lowest BCUT2D eigenvalue weighted by molar-refractivity contribution is -0.141. The monoisotopic (exact) mass is 526 g/mol. The van der Waals surface area contributed by atoms with Crippen LogP contribution in [0.5, 0.6) is 5.75 Å². The van der Waals surface area contributed by atoms with E-state index >= 15 is 0 Å². The number of nitrogens with two attached hydrogens (primary N) is 1. The number of aromatic nitrogens is 4. The molecule has 0 aliphatic heterocycles. The maximum absolute atomic E-state index is 13.4. The zero-order chi connectivity index (χ0) is 27.7. The zero-order valence-corrected chi connectivity index (χ0v) is 20.5. The van der Waals surface area contributed by atoms with E-state index in [1.165, 1.54) is 44.1 Å². The number of aromatic hydroxyl groups is 1. The Kier molecular flexibility index (Phi) is 9.54. The minimum Gasteiger partial charge on any atom is -0.508 e. The van der Waals surface area contributed by atoms with Crippen LogP contribution in [0.3, 0.4) is 0 Å². The summed E-state index contributed by atoms with van der Waals surface area (Å²) >= 11 is 0. The molecule has 14 nitrogen and oxygen atoms in total. The minimum absolute atomic E-state index is 0.00570. The first-order valence-corrected chi connectivity index (χ1v) is 11.7. The van der Waals surface area contributed by atoms with Gasteiger partial charge >= 0.3 is 5.97 Å². The molecule has 4 atom stereocenters. The number of carboxylic acids is 1. The van der Waals surface area contributed by atoms with E-state index in [2.05, 4.69) is 35.9 Å². The lowest BCUT2D eigenvalue weighted by Gasteiger charge is -2.24. The van der Waals surface area contributed by atoms with Gasteiger partial charge in [-0.15, -0.1) is 0 Å². The molecule has 0 saturated carbocycles. The molecule has 1 aromatic carbocycles. The molecular weight excluding hydrogens is 496 g/mol. The van der Waals surface area contributed by atoms with Crippen molar-refractivity contribution in [3.8, 4) is 5.75 Å². The zero-order valence-electron chi connectivity index (χ0n) is 20.5. The Balaban J connectivity index is 1.77. The molecule has 0 aliphatic rings. The van der Waals surface area contributed by atoms with E-state index in [0.29, 0.717) is 17.0 Å². The molecule has 38 heavy (non-hydrogen) atoms. The summed E-state index contributed by atoms with van der Waals surface area (Å²) in [6.07, 6.45) is 6.08. The number of H-pyrrole nitrogens is 2. The van der Waals surface area contributed by atoms with Crippen LogP contribution in [-0.2, 0) is 38.4 Å². The van der Waals surface area contributed by atoms with Crippen LogP contribution in [0.2, 0.25) is 0 Å². The normalized spacial score (nSPS) is 14.1. The third kappa shape index (κ3) is 8.16. The lowest BCUT2D eigenvalue weighted by Crippen LogP contribution is -2.58. The number of phenolic OH excluding ortho intramolecular Hbond substituents is 1. The van der Waals surface area contributed by atoms with Crippen LogP contribution in [0, 0.1) is 0 Å². The van der Waals surface area contributed by atoms with E-state index in [0.717, 1.165) is 0 Å². The fourth-order valence-electron chi connectivity index (χ4n) is 3.56. The molecular formula is C24H30N8O6. The molecule has 9 N–H and O–H groups in total. The Morgan fingerprint density at radius 3 is 1.92 bits per heavy atom. The number of aromatic amines is 2. The first-order chi connectivity index (χ1) is 18.1. The van der Waals surface area contributed by atoms with E-state index in [-0.39, 0.29) is 25.0 Å². The van der Waals surface area contributed by atoms with Crippen LogP contribution in [0.25, 0.3) is 0 Å². The quantitative estimate of drug-likeness (QED) is 0.133. The number of benzene rings is 1. The highest BCUT2D eigenvalue weighted by atomic mass is 16.4. The van der Waals surface area contributed by atoms with Gasteiger partial charge in [0.15, 0.2) is 0 Å². The third-order valence-corrected chi connectivity index (χ3v) is 5.68. The van der Waals surface area contributed by atoms with Crippen molar-refractivity contribution in [3.63, 3.8) is 0 Å². The summed E-state index contributed by atoms with van der Waals surface area (Å²) in [4.78, 5) is 63.9. The van der Waals surface area contributed by atoms with Crippen molar-refractivity contribution in [3.05, 3.63) is 66.3 Å². The van der Waals surface area contributed by atoms with Gasteiger partial charge in [0.1, 0.15) is 23.9 Å². The van der Waals surface area contributed by atoms with Crippen LogP contribution in [0.15, 0.2) is 49.3 Å². The van der Waals surface area contributed by atoms with Crippen molar-refractivity contribution in [2.45, 2.75) is 50.4 Å². The number of phenols is 1. The number of nitrogens with one attached hydrogen (secondary N) is 5. The molecule has 3 amide bonds. The van der Waals surface area contributed by atoms with E-state index < -0.39 is 47.9 Å². The average molecular weight is 527 g/mol. The molecule has 0 fully saturated rings. The van der Waals surface area contributed by atoms with Gasteiger partial charge in [-0.1, -0.05) is 12.1 Å². The fourth-order valence-corrected chi connectivity index (χ4v) is 3.56. The number of rotatable bonds is 13. The lowest BCUT2D eigenvalue weighted by atomic mass is 10.0. The number of amides is 3. The number of hydrogen-bond donors (Lipinski definition) is 8. The summed E-state index contributed by atoms with van der Waals surface area (Å²) in [5, 5.41) is 26.3. The Bertz CT molecular complexity index is 1210. The summed E-state index contributed by atoms with van der Waals surface area (Å²) in [5.41, 5.74) is 7.81. The largest absolute Gasteiger partial charge is 0.508 e. The molecule has 0 saturated heterocycles. The molecule has 4 unspecified atom stereocenters. The van der Waals surface area contributed by atoms with Gasteiger partial charge in [-0.25, -0.2) is 9.97 Å². The second kappa shape index (κ2) is 13.0. The molecule has 3 rings (SSSR count). The van der Waals surface area contributed by atoms with Crippen molar-refractivity contribution < 1.29 is 29.4 Å². The first kappa shape index (κ1) is 27.9. The van der Waals surface area contributed by atoms with Gasteiger partial charge in [0.05, 0.1) is 18.7 Å². The van der Waals surface area contributed by atoms with Crippen molar-refractivity contribution in [1.29, 1.82) is 0 Å².